The molecule has 214 valence electrons. The molecular weight excluding hydrogens is 560 g/mol. The molecule has 2 nitrogen and oxygen atoms in total. The highest BCUT2D eigenvalue weighted by Gasteiger charge is 2.19. The first-order valence-corrected chi connectivity index (χ1v) is 15.7. The first kappa shape index (κ1) is 25.2. The van der Waals surface area contributed by atoms with Crippen molar-refractivity contribution in [2.45, 2.75) is 0 Å². The number of furan rings is 2. The predicted octanol–water partition coefficient (Wildman–Crippen LogP) is 12.8. The van der Waals surface area contributed by atoms with Gasteiger partial charge in [0.15, 0.2) is 0 Å². The van der Waals surface area contributed by atoms with Gasteiger partial charge in [-0.2, -0.15) is 0 Å². The summed E-state index contributed by atoms with van der Waals surface area (Å²) in [6, 6.07) is 56.1. The van der Waals surface area contributed by atoms with Gasteiger partial charge in [-0.15, -0.1) is 0 Å². The summed E-state index contributed by atoms with van der Waals surface area (Å²) in [5, 5.41) is 10.7. The van der Waals surface area contributed by atoms with Crippen molar-refractivity contribution in [3.8, 4) is 33.6 Å². The van der Waals surface area contributed by atoms with Crippen LogP contribution in [0.15, 0.2) is 167 Å². The number of rotatable bonds is 3. The van der Waals surface area contributed by atoms with Crippen LogP contribution in [0, 0.1) is 0 Å². The quantitative estimate of drug-likeness (QED) is 0.193. The van der Waals surface area contributed by atoms with E-state index in [1.165, 1.54) is 54.6 Å². The molecule has 0 atom stereocenters. The van der Waals surface area contributed by atoms with Gasteiger partial charge in [-0.05, 0) is 84.9 Å². The van der Waals surface area contributed by atoms with E-state index in [2.05, 4.69) is 146 Å². The minimum Gasteiger partial charge on any atom is -0.456 e. The van der Waals surface area contributed by atoms with Gasteiger partial charge in [0.2, 0.25) is 0 Å². The van der Waals surface area contributed by atoms with E-state index < -0.39 is 0 Å². The molecule has 0 fully saturated rings. The van der Waals surface area contributed by atoms with Crippen LogP contribution in [0.3, 0.4) is 0 Å². The van der Waals surface area contributed by atoms with Crippen molar-refractivity contribution < 1.29 is 8.83 Å². The maximum Gasteiger partial charge on any atom is 0.146 e. The maximum absolute atomic E-state index is 6.48. The normalized spacial score (nSPS) is 11.9. The molecule has 0 N–H and O–H groups in total. The fourth-order valence-corrected chi connectivity index (χ4v) is 7.45. The van der Waals surface area contributed by atoms with Crippen molar-refractivity contribution in [1.82, 2.24) is 0 Å². The van der Waals surface area contributed by atoms with Gasteiger partial charge >= 0.3 is 0 Å². The van der Waals surface area contributed by atoms with Crippen LogP contribution >= 0.6 is 0 Å². The van der Waals surface area contributed by atoms with E-state index >= 15 is 0 Å². The topological polar surface area (TPSA) is 26.3 Å². The molecule has 0 radical (unpaired) electrons. The average Bonchev–Trinajstić information content (AvgIpc) is 3.72. The molecule has 0 saturated heterocycles. The van der Waals surface area contributed by atoms with E-state index in [0.717, 1.165) is 44.2 Å². The van der Waals surface area contributed by atoms with Crippen molar-refractivity contribution in [3.63, 3.8) is 0 Å². The van der Waals surface area contributed by atoms with E-state index in [9.17, 15) is 0 Å². The van der Waals surface area contributed by atoms with E-state index in [-0.39, 0.29) is 0 Å². The molecule has 0 amide bonds. The van der Waals surface area contributed by atoms with Crippen LogP contribution in [-0.2, 0) is 0 Å². The van der Waals surface area contributed by atoms with Crippen molar-refractivity contribution in [3.05, 3.63) is 158 Å². The van der Waals surface area contributed by atoms with Gasteiger partial charge in [0.1, 0.15) is 22.5 Å². The SMILES string of the molecule is c1ccc2c(-c3c4ccccc4c(-c4ccc5oc(-c6cccc7c6oc6ccccc67)cc5c4)c4ccccc34)cccc2c1. The van der Waals surface area contributed by atoms with Gasteiger partial charge in [-0.1, -0.05) is 127 Å². The van der Waals surface area contributed by atoms with Crippen LogP contribution in [0.25, 0.3) is 98.8 Å². The second-order valence-electron chi connectivity index (χ2n) is 12.0. The molecular formula is C44H26O2. The van der Waals surface area contributed by atoms with E-state index in [0.29, 0.717) is 0 Å². The molecule has 10 aromatic rings. The first-order chi connectivity index (χ1) is 22.8. The monoisotopic (exact) mass is 586 g/mol. The van der Waals surface area contributed by atoms with Gasteiger partial charge in [-0.3, -0.25) is 0 Å². The van der Waals surface area contributed by atoms with Gasteiger partial charge in [-0.25, -0.2) is 0 Å². The molecule has 0 aliphatic carbocycles. The molecule has 8 aromatic carbocycles. The maximum atomic E-state index is 6.48. The van der Waals surface area contributed by atoms with Crippen LogP contribution in [0.2, 0.25) is 0 Å². The number of hydrogen-bond acceptors (Lipinski definition) is 2. The highest BCUT2D eigenvalue weighted by Crippen LogP contribution is 2.46. The van der Waals surface area contributed by atoms with Crippen LogP contribution in [0.1, 0.15) is 0 Å². The lowest BCUT2D eigenvalue weighted by molar-refractivity contribution is 0.626. The van der Waals surface area contributed by atoms with Crippen molar-refractivity contribution in [2.75, 3.05) is 0 Å². The molecule has 0 spiro atoms. The fourth-order valence-electron chi connectivity index (χ4n) is 7.45. The van der Waals surface area contributed by atoms with Crippen LogP contribution in [0.4, 0.5) is 0 Å². The minimum absolute atomic E-state index is 0.804. The lowest BCUT2D eigenvalue weighted by Gasteiger charge is -2.18. The highest BCUT2D eigenvalue weighted by atomic mass is 16.3. The standard InChI is InChI=1S/C44H26O2/c1-2-13-30-27(11-1)12-9-19-32(30)43-35-17-5-3-15-33(35)42(34-16-4-6-18-36(34)43)28-23-24-39-29(25-28)26-41(45-39)38-21-10-20-37-31-14-7-8-22-40(31)46-44(37)38/h1-26H. The summed E-state index contributed by atoms with van der Waals surface area (Å²) < 4.78 is 12.8. The highest BCUT2D eigenvalue weighted by molar-refractivity contribution is 6.23. The third-order valence-corrected chi connectivity index (χ3v) is 9.47. The van der Waals surface area contributed by atoms with Crippen molar-refractivity contribution in [1.29, 1.82) is 0 Å². The average molecular weight is 587 g/mol. The molecule has 0 unspecified atom stereocenters. The molecule has 0 bridgehead atoms. The number of benzene rings is 8. The van der Waals surface area contributed by atoms with E-state index in [1.54, 1.807) is 0 Å². The zero-order chi connectivity index (χ0) is 30.2. The summed E-state index contributed by atoms with van der Waals surface area (Å²) in [6.45, 7) is 0. The number of hydrogen-bond donors (Lipinski definition) is 0. The largest absolute Gasteiger partial charge is 0.456 e. The van der Waals surface area contributed by atoms with Crippen LogP contribution in [0.5, 0.6) is 0 Å². The summed E-state index contributed by atoms with van der Waals surface area (Å²) in [5.74, 6) is 0.804. The van der Waals surface area contributed by atoms with Gasteiger partial charge in [0, 0.05) is 16.2 Å². The van der Waals surface area contributed by atoms with Crippen LogP contribution < -0.4 is 0 Å². The molecule has 2 aromatic heterocycles. The van der Waals surface area contributed by atoms with Gasteiger partial charge in [0.05, 0.1) is 5.56 Å². The second-order valence-corrected chi connectivity index (χ2v) is 12.0. The van der Waals surface area contributed by atoms with Crippen molar-refractivity contribution in [2.24, 2.45) is 0 Å². The Balaban J connectivity index is 1.21. The summed E-state index contributed by atoms with van der Waals surface area (Å²) >= 11 is 0. The van der Waals surface area contributed by atoms with Gasteiger partial charge < -0.3 is 8.83 Å². The minimum atomic E-state index is 0.804. The first-order valence-electron chi connectivity index (χ1n) is 15.7. The molecule has 0 aliphatic heterocycles. The Morgan fingerprint density at radius 3 is 1.70 bits per heavy atom. The smallest absolute Gasteiger partial charge is 0.146 e. The third-order valence-electron chi connectivity index (χ3n) is 9.47. The molecule has 2 heteroatoms. The Morgan fingerprint density at radius 2 is 0.913 bits per heavy atom. The zero-order valence-corrected chi connectivity index (χ0v) is 24.8. The summed E-state index contributed by atoms with van der Waals surface area (Å²) in [4.78, 5) is 0. The lowest BCUT2D eigenvalue weighted by Crippen LogP contribution is -1.91. The molecule has 2 heterocycles. The second kappa shape index (κ2) is 9.69. The lowest BCUT2D eigenvalue weighted by atomic mass is 9.84. The Morgan fingerprint density at radius 1 is 0.326 bits per heavy atom. The van der Waals surface area contributed by atoms with Crippen LogP contribution in [-0.4, -0.2) is 0 Å². The summed E-state index contributed by atoms with van der Waals surface area (Å²) in [5.41, 5.74) is 8.48. The zero-order valence-electron chi connectivity index (χ0n) is 24.8. The Bertz CT molecular complexity index is 2750. The summed E-state index contributed by atoms with van der Waals surface area (Å²) in [7, 11) is 0. The fraction of sp³-hybridized carbons (Fsp3) is 0. The molecule has 10 rings (SSSR count). The number of para-hydroxylation sites is 2. The van der Waals surface area contributed by atoms with Crippen molar-refractivity contribution >= 4 is 65.2 Å². The number of fused-ring (bicyclic) bond motifs is 7. The molecule has 0 saturated carbocycles. The third kappa shape index (κ3) is 3.65. The molecule has 46 heavy (non-hydrogen) atoms. The molecule has 0 aliphatic rings. The Labute approximate surface area is 264 Å². The van der Waals surface area contributed by atoms with Gasteiger partial charge in [0.25, 0.3) is 0 Å². The predicted molar refractivity (Wildman–Crippen MR) is 192 cm³/mol. The summed E-state index contributed by atoms with van der Waals surface area (Å²) in [6.07, 6.45) is 0. The Kier molecular flexibility index (Phi) is 5.31. The Hall–Kier alpha value is -6.12. The van der Waals surface area contributed by atoms with E-state index in [4.69, 9.17) is 8.83 Å². The van der Waals surface area contributed by atoms with E-state index in [1.807, 2.05) is 12.1 Å².